The number of hydrogen-bond acceptors (Lipinski definition) is 4. The molecule has 1 aromatic carbocycles. The maximum absolute atomic E-state index is 11.7. The number of hydrogen-bond donors (Lipinski definition) is 0. The fourth-order valence-corrected chi connectivity index (χ4v) is 2.05. The third-order valence-electron chi connectivity index (χ3n) is 2.78. The summed E-state index contributed by atoms with van der Waals surface area (Å²) in [7, 11) is 3.04. The van der Waals surface area contributed by atoms with Gasteiger partial charge in [0.25, 0.3) is 0 Å². The van der Waals surface area contributed by atoms with E-state index < -0.39 is 5.92 Å². The molecule has 0 bridgehead atoms. The van der Waals surface area contributed by atoms with Crippen LogP contribution in [0.5, 0.6) is 11.5 Å². The molecule has 1 aromatic rings. The molecular weight excluding hydrogens is 206 g/mol. The first-order chi connectivity index (χ1) is 7.72. The van der Waals surface area contributed by atoms with E-state index >= 15 is 0 Å². The van der Waals surface area contributed by atoms with Crippen LogP contribution in [-0.2, 0) is 0 Å². The average Bonchev–Trinajstić information content (AvgIpc) is 2.65. The smallest absolute Gasteiger partial charge is 0.165 e. The van der Waals surface area contributed by atoms with Crippen molar-refractivity contribution in [3.05, 3.63) is 23.3 Å². The quantitative estimate of drug-likeness (QED) is 0.759. The standard InChI is InChI=1S/C12H11NO3/c1-15-10-4-3-8-9(14)5-7(6-13)11(8)12(10)16-2/h3-4,7H,5H2,1-2H3. The Morgan fingerprint density at radius 3 is 2.69 bits per heavy atom. The zero-order valence-corrected chi connectivity index (χ0v) is 9.11. The SMILES string of the molecule is COc1ccc2c(c1OC)C(C#N)CC2=O. The van der Waals surface area contributed by atoms with Crippen molar-refractivity contribution in [2.75, 3.05) is 14.2 Å². The first-order valence-electron chi connectivity index (χ1n) is 4.90. The van der Waals surface area contributed by atoms with Gasteiger partial charge in [0, 0.05) is 17.5 Å². The van der Waals surface area contributed by atoms with Crippen LogP contribution in [0.4, 0.5) is 0 Å². The number of carbonyl (C=O) groups is 1. The van der Waals surface area contributed by atoms with E-state index in [9.17, 15) is 4.79 Å². The summed E-state index contributed by atoms with van der Waals surface area (Å²) in [5.74, 6) is 0.614. The van der Waals surface area contributed by atoms with E-state index in [2.05, 4.69) is 6.07 Å². The van der Waals surface area contributed by atoms with Gasteiger partial charge in [-0.15, -0.1) is 0 Å². The molecule has 0 radical (unpaired) electrons. The number of fused-ring (bicyclic) bond motifs is 1. The Labute approximate surface area is 93.4 Å². The van der Waals surface area contributed by atoms with E-state index in [1.807, 2.05) is 0 Å². The van der Waals surface area contributed by atoms with Crippen LogP contribution < -0.4 is 9.47 Å². The molecule has 2 rings (SSSR count). The summed E-state index contributed by atoms with van der Waals surface area (Å²) in [4.78, 5) is 11.7. The zero-order chi connectivity index (χ0) is 11.7. The molecule has 0 aliphatic heterocycles. The maximum atomic E-state index is 11.7. The van der Waals surface area contributed by atoms with E-state index in [4.69, 9.17) is 14.7 Å². The van der Waals surface area contributed by atoms with Gasteiger partial charge in [0.05, 0.1) is 26.2 Å². The Morgan fingerprint density at radius 1 is 1.38 bits per heavy atom. The second-order valence-corrected chi connectivity index (χ2v) is 3.57. The Bertz CT molecular complexity index is 488. The second kappa shape index (κ2) is 3.86. The Kier molecular flexibility index (Phi) is 2.53. The minimum absolute atomic E-state index is 0.0116. The van der Waals surface area contributed by atoms with Crippen LogP contribution in [0.2, 0.25) is 0 Å². The first-order valence-corrected chi connectivity index (χ1v) is 4.90. The van der Waals surface area contributed by atoms with Crippen molar-refractivity contribution in [1.29, 1.82) is 5.26 Å². The first kappa shape index (κ1) is 10.5. The van der Waals surface area contributed by atoms with Crippen molar-refractivity contribution in [2.24, 2.45) is 0 Å². The van der Waals surface area contributed by atoms with E-state index in [1.165, 1.54) is 14.2 Å². The van der Waals surface area contributed by atoms with Gasteiger partial charge < -0.3 is 9.47 Å². The van der Waals surface area contributed by atoms with Crippen molar-refractivity contribution < 1.29 is 14.3 Å². The molecule has 1 atom stereocenters. The third kappa shape index (κ3) is 1.33. The van der Waals surface area contributed by atoms with Crippen LogP contribution in [0.1, 0.15) is 28.3 Å². The lowest BCUT2D eigenvalue weighted by atomic mass is 10.0. The molecule has 1 aliphatic carbocycles. The molecule has 0 N–H and O–H groups in total. The molecule has 16 heavy (non-hydrogen) atoms. The Balaban J connectivity index is 2.68. The molecule has 0 fully saturated rings. The number of rotatable bonds is 2. The monoisotopic (exact) mass is 217 g/mol. The van der Waals surface area contributed by atoms with E-state index in [0.29, 0.717) is 22.6 Å². The van der Waals surface area contributed by atoms with Crippen LogP contribution in [0.3, 0.4) is 0 Å². The largest absolute Gasteiger partial charge is 0.493 e. The van der Waals surface area contributed by atoms with Crippen LogP contribution in [0.25, 0.3) is 0 Å². The van der Waals surface area contributed by atoms with Gasteiger partial charge in [-0.1, -0.05) is 0 Å². The van der Waals surface area contributed by atoms with Gasteiger partial charge in [-0.3, -0.25) is 4.79 Å². The molecule has 0 saturated heterocycles. The minimum atomic E-state index is -0.424. The lowest BCUT2D eigenvalue weighted by molar-refractivity contribution is 0.0992. The predicted molar refractivity (Wildman–Crippen MR) is 56.8 cm³/mol. The fraction of sp³-hybridized carbons (Fsp3) is 0.333. The Hall–Kier alpha value is -2.02. The third-order valence-corrected chi connectivity index (χ3v) is 2.78. The summed E-state index contributed by atoms with van der Waals surface area (Å²) >= 11 is 0. The predicted octanol–water partition coefficient (Wildman–Crippen LogP) is 1.90. The van der Waals surface area contributed by atoms with Crippen LogP contribution in [-0.4, -0.2) is 20.0 Å². The molecule has 1 unspecified atom stereocenters. The molecule has 0 aromatic heterocycles. The van der Waals surface area contributed by atoms with Gasteiger partial charge in [-0.2, -0.15) is 5.26 Å². The van der Waals surface area contributed by atoms with Gasteiger partial charge in [0.1, 0.15) is 0 Å². The summed E-state index contributed by atoms with van der Waals surface area (Å²) in [6.07, 6.45) is 0.232. The molecular formula is C12H11NO3. The number of ether oxygens (including phenoxy) is 2. The van der Waals surface area contributed by atoms with Gasteiger partial charge in [-0.05, 0) is 12.1 Å². The highest BCUT2D eigenvalue weighted by Crippen LogP contribution is 2.43. The van der Waals surface area contributed by atoms with Crippen LogP contribution in [0, 0.1) is 11.3 Å². The number of nitriles is 1. The van der Waals surface area contributed by atoms with Crippen molar-refractivity contribution in [2.45, 2.75) is 12.3 Å². The average molecular weight is 217 g/mol. The maximum Gasteiger partial charge on any atom is 0.165 e. The minimum Gasteiger partial charge on any atom is -0.493 e. The van der Waals surface area contributed by atoms with Gasteiger partial charge >= 0.3 is 0 Å². The lowest BCUT2D eigenvalue weighted by Gasteiger charge is -2.12. The number of carbonyl (C=O) groups excluding carboxylic acids is 1. The number of Topliss-reactive ketones (excluding diaryl/α,β-unsaturated/α-hetero) is 1. The van der Waals surface area contributed by atoms with Crippen molar-refractivity contribution >= 4 is 5.78 Å². The number of ketones is 1. The zero-order valence-electron chi connectivity index (χ0n) is 9.11. The van der Waals surface area contributed by atoms with Crippen molar-refractivity contribution in [3.8, 4) is 17.6 Å². The van der Waals surface area contributed by atoms with E-state index in [0.717, 1.165) is 0 Å². The van der Waals surface area contributed by atoms with Gasteiger partial charge in [-0.25, -0.2) is 0 Å². The van der Waals surface area contributed by atoms with Crippen molar-refractivity contribution in [3.63, 3.8) is 0 Å². The van der Waals surface area contributed by atoms with Crippen LogP contribution >= 0.6 is 0 Å². The highest BCUT2D eigenvalue weighted by atomic mass is 16.5. The summed E-state index contributed by atoms with van der Waals surface area (Å²) in [6.45, 7) is 0. The molecule has 0 amide bonds. The summed E-state index contributed by atoms with van der Waals surface area (Å²) in [6, 6.07) is 5.50. The molecule has 0 spiro atoms. The molecule has 82 valence electrons. The summed E-state index contributed by atoms with van der Waals surface area (Å²) in [5.41, 5.74) is 1.23. The molecule has 0 saturated carbocycles. The van der Waals surface area contributed by atoms with Crippen LogP contribution in [0.15, 0.2) is 12.1 Å². The second-order valence-electron chi connectivity index (χ2n) is 3.57. The summed E-state index contributed by atoms with van der Waals surface area (Å²) in [5, 5.41) is 9.02. The van der Waals surface area contributed by atoms with E-state index in [-0.39, 0.29) is 12.2 Å². The number of methoxy groups -OCH3 is 2. The molecule has 1 aliphatic rings. The van der Waals surface area contributed by atoms with Gasteiger partial charge in [0.15, 0.2) is 17.3 Å². The topological polar surface area (TPSA) is 59.3 Å². The number of nitrogens with zero attached hydrogens (tertiary/aromatic N) is 1. The normalized spacial score (nSPS) is 17.8. The fourth-order valence-electron chi connectivity index (χ4n) is 2.05. The highest BCUT2D eigenvalue weighted by molar-refractivity contribution is 6.03. The molecule has 4 nitrogen and oxygen atoms in total. The van der Waals surface area contributed by atoms with Gasteiger partial charge in [0.2, 0.25) is 0 Å². The number of benzene rings is 1. The van der Waals surface area contributed by atoms with Crippen molar-refractivity contribution in [1.82, 2.24) is 0 Å². The Morgan fingerprint density at radius 2 is 2.12 bits per heavy atom. The highest BCUT2D eigenvalue weighted by Gasteiger charge is 2.33. The van der Waals surface area contributed by atoms with E-state index in [1.54, 1.807) is 12.1 Å². The summed E-state index contributed by atoms with van der Waals surface area (Å²) < 4.78 is 10.4. The molecule has 0 heterocycles. The molecule has 4 heteroatoms. The lowest BCUT2D eigenvalue weighted by Crippen LogP contribution is -1.98.